The maximum atomic E-state index is 12.6. The molecular formula is C29H33N5O3. The van der Waals surface area contributed by atoms with Crippen LogP contribution in [0, 0.1) is 0 Å². The van der Waals surface area contributed by atoms with E-state index >= 15 is 0 Å². The third-order valence-electron chi connectivity index (χ3n) is 6.68. The maximum Gasteiger partial charge on any atom is 0.320 e. The first-order valence-corrected chi connectivity index (χ1v) is 12.5. The van der Waals surface area contributed by atoms with E-state index in [-0.39, 0.29) is 12.4 Å². The number of guanidine groups is 1. The van der Waals surface area contributed by atoms with Crippen LogP contribution in [0.2, 0.25) is 0 Å². The molecule has 1 amide bonds. The summed E-state index contributed by atoms with van der Waals surface area (Å²) in [6, 6.07) is 24.4. The molecule has 3 aromatic rings. The molecule has 1 aliphatic rings. The topological polar surface area (TPSA) is 134 Å². The predicted molar refractivity (Wildman–Crippen MR) is 146 cm³/mol. The molecule has 3 aromatic carbocycles. The van der Waals surface area contributed by atoms with Gasteiger partial charge in [0.15, 0.2) is 5.96 Å². The quantitative estimate of drug-likeness (QED) is 0.276. The zero-order valence-electron chi connectivity index (χ0n) is 20.7. The number of para-hydroxylation sites is 1. The molecule has 8 nitrogen and oxygen atoms in total. The molecule has 2 atom stereocenters. The average Bonchev–Trinajstić information content (AvgIpc) is 2.93. The van der Waals surface area contributed by atoms with Crippen LogP contribution in [-0.2, 0) is 17.8 Å². The molecule has 1 unspecified atom stereocenters. The van der Waals surface area contributed by atoms with Crippen molar-refractivity contribution in [3.8, 4) is 0 Å². The van der Waals surface area contributed by atoms with Crippen molar-refractivity contribution in [1.29, 1.82) is 0 Å². The number of amides is 1. The van der Waals surface area contributed by atoms with E-state index in [1.54, 1.807) is 24.3 Å². The highest BCUT2D eigenvalue weighted by Crippen LogP contribution is 2.31. The predicted octanol–water partition coefficient (Wildman–Crippen LogP) is 3.27. The number of carboxylic acids is 1. The Hall–Kier alpha value is -4.17. The number of nitrogens with zero attached hydrogens (tertiary/aromatic N) is 2. The van der Waals surface area contributed by atoms with Crippen LogP contribution in [0.3, 0.4) is 0 Å². The third-order valence-corrected chi connectivity index (χ3v) is 6.68. The van der Waals surface area contributed by atoms with Gasteiger partial charge in [0.25, 0.3) is 5.91 Å². The number of carbonyl (C=O) groups excluding carboxylic acids is 1. The fraction of sp³-hybridized carbons (Fsp3) is 0.276. The molecule has 8 heteroatoms. The van der Waals surface area contributed by atoms with Crippen LogP contribution in [0.1, 0.15) is 45.8 Å². The van der Waals surface area contributed by atoms with Gasteiger partial charge in [-0.3, -0.25) is 9.59 Å². The number of aliphatic imine (C=N–C) groups is 1. The Bertz CT molecular complexity index is 1240. The summed E-state index contributed by atoms with van der Waals surface area (Å²) in [7, 11) is 0. The molecule has 1 fully saturated rings. The molecule has 0 aromatic heterocycles. The number of carboxylic acid groups (broad SMARTS) is 1. The number of aliphatic carboxylic acids is 1. The summed E-state index contributed by atoms with van der Waals surface area (Å²) < 4.78 is 0. The minimum atomic E-state index is -1.07. The number of benzene rings is 3. The molecule has 0 spiro atoms. The normalized spacial score (nSPS) is 16.7. The number of hydrogen-bond acceptors (Lipinski definition) is 4. The van der Waals surface area contributed by atoms with Gasteiger partial charge in [-0.2, -0.15) is 4.99 Å². The molecule has 192 valence electrons. The van der Waals surface area contributed by atoms with Crippen molar-refractivity contribution in [3.63, 3.8) is 0 Å². The van der Waals surface area contributed by atoms with Crippen LogP contribution in [0.25, 0.3) is 0 Å². The van der Waals surface area contributed by atoms with Crippen LogP contribution in [0.5, 0.6) is 0 Å². The van der Waals surface area contributed by atoms with Crippen molar-refractivity contribution >= 4 is 23.5 Å². The molecule has 0 radical (unpaired) electrons. The van der Waals surface area contributed by atoms with Gasteiger partial charge in [-0.15, -0.1) is 0 Å². The van der Waals surface area contributed by atoms with Crippen molar-refractivity contribution in [2.45, 2.75) is 37.8 Å². The first-order chi connectivity index (χ1) is 17.9. The molecule has 4 rings (SSSR count). The van der Waals surface area contributed by atoms with Crippen molar-refractivity contribution in [2.24, 2.45) is 16.5 Å². The lowest BCUT2D eigenvalue weighted by molar-refractivity contribution is -0.138. The third kappa shape index (κ3) is 6.95. The van der Waals surface area contributed by atoms with E-state index in [1.807, 2.05) is 12.1 Å². The van der Waals surface area contributed by atoms with Gasteiger partial charge in [0.1, 0.15) is 6.04 Å². The number of anilines is 1. The monoisotopic (exact) mass is 499 g/mol. The van der Waals surface area contributed by atoms with Crippen LogP contribution in [0.4, 0.5) is 5.69 Å². The average molecular weight is 500 g/mol. The number of nitrogens with two attached hydrogens (primary N) is 2. The molecule has 37 heavy (non-hydrogen) atoms. The Morgan fingerprint density at radius 3 is 2.46 bits per heavy atom. The lowest BCUT2D eigenvalue weighted by Gasteiger charge is -2.36. The number of carbonyl (C=O) groups is 2. The summed E-state index contributed by atoms with van der Waals surface area (Å²) in [6.07, 6.45) is 2.48. The number of hydrogen-bond donors (Lipinski definition) is 4. The van der Waals surface area contributed by atoms with E-state index in [4.69, 9.17) is 16.6 Å². The van der Waals surface area contributed by atoms with Gasteiger partial charge in [0.05, 0.1) is 0 Å². The first kappa shape index (κ1) is 25.9. The van der Waals surface area contributed by atoms with E-state index in [0.29, 0.717) is 18.0 Å². The molecule has 6 N–H and O–H groups in total. The molecular weight excluding hydrogens is 466 g/mol. The van der Waals surface area contributed by atoms with Crippen molar-refractivity contribution in [1.82, 2.24) is 5.32 Å². The first-order valence-electron chi connectivity index (χ1n) is 12.5. The smallest absolute Gasteiger partial charge is 0.320 e. The van der Waals surface area contributed by atoms with Crippen LogP contribution >= 0.6 is 0 Å². The molecule has 0 aliphatic carbocycles. The summed E-state index contributed by atoms with van der Waals surface area (Å²) >= 11 is 0. The summed E-state index contributed by atoms with van der Waals surface area (Å²) in [5.41, 5.74) is 16.3. The zero-order chi connectivity index (χ0) is 26.2. The highest BCUT2D eigenvalue weighted by atomic mass is 16.4. The van der Waals surface area contributed by atoms with Crippen molar-refractivity contribution in [3.05, 3.63) is 101 Å². The number of nitrogens with one attached hydrogen (secondary N) is 1. The second-order valence-electron chi connectivity index (χ2n) is 9.33. The Kier molecular flexibility index (Phi) is 8.53. The molecule has 0 bridgehead atoms. The molecule has 1 heterocycles. The van der Waals surface area contributed by atoms with Gasteiger partial charge < -0.3 is 26.8 Å². The highest BCUT2D eigenvalue weighted by Gasteiger charge is 2.23. The van der Waals surface area contributed by atoms with Gasteiger partial charge in [0.2, 0.25) is 0 Å². The summed E-state index contributed by atoms with van der Waals surface area (Å²) in [4.78, 5) is 29.9. The second-order valence-corrected chi connectivity index (χ2v) is 9.33. The minimum absolute atomic E-state index is 0.0394. The van der Waals surface area contributed by atoms with Crippen molar-refractivity contribution < 1.29 is 14.7 Å². The SMILES string of the molecule is NC(=NC(=O)c1ccc(C[C@H](N)C(=O)O)cc1)NCc1ccccc1N1CCCC(c2ccccc2)C1. The number of rotatable bonds is 8. The Balaban J connectivity index is 1.38. The molecule has 1 saturated heterocycles. The van der Waals surface area contributed by atoms with E-state index < -0.39 is 17.9 Å². The van der Waals surface area contributed by atoms with Gasteiger partial charge in [-0.1, -0.05) is 60.7 Å². The lowest BCUT2D eigenvalue weighted by Crippen LogP contribution is -2.36. The van der Waals surface area contributed by atoms with Crippen LogP contribution < -0.4 is 21.7 Å². The van der Waals surface area contributed by atoms with E-state index in [1.165, 1.54) is 12.0 Å². The van der Waals surface area contributed by atoms with Gasteiger partial charge in [0, 0.05) is 36.8 Å². The molecule has 0 saturated carbocycles. The Labute approximate surface area is 217 Å². The van der Waals surface area contributed by atoms with E-state index in [2.05, 4.69) is 57.7 Å². The van der Waals surface area contributed by atoms with E-state index in [0.717, 1.165) is 36.3 Å². The second kappa shape index (κ2) is 12.2. The lowest BCUT2D eigenvalue weighted by atomic mass is 9.90. The van der Waals surface area contributed by atoms with Gasteiger partial charge in [-0.05, 0) is 54.2 Å². The van der Waals surface area contributed by atoms with Gasteiger partial charge >= 0.3 is 5.97 Å². The fourth-order valence-corrected chi connectivity index (χ4v) is 4.69. The van der Waals surface area contributed by atoms with Crippen molar-refractivity contribution in [2.75, 3.05) is 18.0 Å². The maximum absolute atomic E-state index is 12.6. The fourth-order valence-electron chi connectivity index (χ4n) is 4.69. The molecule has 1 aliphatic heterocycles. The number of piperidine rings is 1. The summed E-state index contributed by atoms with van der Waals surface area (Å²) in [6.45, 7) is 2.39. The minimum Gasteiger partial charge on any atom is -0.480 e. The highest BCUT2D eigenvalue weighted by molar-refractivity contribution is 6.02. The largest absolute Gasteiger partial charge is 0.480 e. The van der Waals surface area contributed by atoms with Gasteiger partial charge in [-0.25, -0.2) is 0 Å². The summed E-state index contributed by atoms with van der Waals surface area (Å²) in [5.74, 6) is -1.01. The zero-order valence-corrected chi connectivity index (χ0v) is 20.7. The Morgan fingerprint density at radius 2 is 1.73 bits per heavy atom. The standard InChI is InChI=1S/C29H33N5O3/c30-25(28(36)37)17-20-12-14-22(15-13-20)27(35)33-29(31)32-18-23-9-4-5-11-26(23)34-16-6-10-24(19-34)21-7-2-1-3-8-21/h1-5,7-9,11-15,24-25H,6,10,16-19,30H2,(H,36,37)(H3,31,32,33,35)/t24?,25-/m0/s1. The van der Waals surface area contributed by atoms with Crippen LogP contribution in [0.15, 0.2) is 83.9 Å². The Morgan fingerprint density at radius 1 is 1.03 bits per heavy atom. The summed E-state index contributed by atoms with van der Waals surface area (Å²) in [5, 5.41) is 12.0. The van der Waals surface area contributed by atoms with Crippen LogP contribution in [-0.4, -0.2) is 42.1 Å². The van der Waals surface area contributed by atoms with E-state index in [9.17, 15) is 9.59 Å².